The molecule has 0 fully saturated rings. The summed E-state index contributed by atoms with van der Waals surface area (Å²) in [6, 6.07) is 23.6. The number of hydrogen-bond acceptors (Lipinski definition) is 4. The monoisotopic (exact) mass is 382 g/mol. The Labute approximate surface area is 157 Å². The fourth-order valence-electron chi connectivity index (χ4n) is 2.77. The van der Waals surface area contributed by atoms with Gasteiger partial charge in [0.25, 0.3) is 5.69 Å². The molecule has 0 radical (unpaired) electrons. The fraction of sp³-hybridized carbons (Fsp3) is 0.100. The van der Waals surface area contributed by atoms with E-state index < -0.39 is 21.0 Å². The fourth-order valence-corrected chi connectivity index (χ4v) is 4.12. The number of hydrogen-bond donors (Lipinski definition) is 1. The number of rotatable bonds is 7. The third-order valence-electron chi connectivity index (χ3n) is 4.07. The minimum absolute atomic E-state index is 0.0736. The van der Waals surface area contributed by atoms with Gasteiger partial charge in [-0.2, -0.15) is 0 Å². The summed E-state index contributed by atoms with van der Waals surface area (Å²) in [4.78, 5) is 10.2. The molecule has 0 saturated heterocycles. The van der Waals surface area contributed by atoms with Crippen LogP contribution in [0.4, 0.5) is 5.69 Å². The van der Waals surface area contributed by atoms with Crippen LogP contribution in [0.15, 0.2) is 84.9 Å². The van der Waals surface area contributed by atoms with Crippen molar-refractivity contribution in [3.8, 4) is 0 Å². The summed E-state index contributed by atoms with van der Waals surface area (Å²) >= 11 is 0. The summed E-state index contributed by atoms with van der Waals surface area (Å²) in [7, 11) is -3.68. The molecule has 0 atom stereocenters. The molecule has 0 unspecified atom stereocenters. The largest absolute Gasteiger partial charge is 0.269 e. The molecule has 0 heterocycles. The van der Waals surface area contributed by atoms with E-state index in [0.29, 0.717) is 5.56 Å². The number of nitro benzene ring substituents is 1. The molecule has 27 heavy (non-hydrogen) atoms. The molecule has 0 bridgehead atoms. The first-order valence-corrected chi connectivity index (χ1v) is 9.93. The highest BCUT2D eigenvalue weighted by Crippen LogP contribution is 2.23. The Bertz CT molecular complexity index is 965. The summed E-state index contributed by atoms with van der Waals surface area (Å²) in [5, 5.41) is 10.7. The molecule has 0 saturated carbocycles. The summed E-state index contributed by atoms with van der Waals surface area (Å²) in [5.41, 5.74) is 2.07. The van der Waals surface area contributed by atoms with Gasteiger partial charge in [0.1, 0.15) is 0 Å². The predicted octanol–water partition coefficient (Wildman–Crippen LogP) is 3.80. The van der Waals surface area contributed by atoms with Crippen molar-refractivity contribution in [1.29, 1.82) is 0 Å². The Balaban J connectivity index is 1.85. The van der Waals surface area contributed by atoms with Gasteiger partial charge in [-0.25, -0.2) is 13.1 Å². The zero-order valence-electron chi connectivity index (χ0n) is 14.4. The molecule has 0 aromatic heterocycles. The molecular weight excluding hydrogens is 364 g/mol. The molecule has 0 spiro atoms. The van der Waals surface area contributed by atoms with Crippen molar-refractivity contribution in [3.63, 3.8) is 0 Å². The quantitative estimate of drug-likeness (QED) is 0.497. The molecule has 0 aliphatic heterocycles. The van der Waals surface area contributed by atoms with Crippen molar-refractivity contribution in [2.45, 2.75) is 11.8 Å². The van der Waals surface area contributed by atoms with Crippen LogP contribution in [0.1, 0.15) is 22.7 Å². The van der Waals surface area contributed by atoms with Crippen LogP contribution >= 0.6 is 0 Å². The molecule has 7 heteroatoms. The van der Waals surface area contributed by atoms with Crippen LogP contribution in [0.2, 0.25) is 0 Å². The van der Waals surface area contributed by atoms with Crippen molar-refractivity contribution in [2.24, 2.45) is 0 Å². The van der Waals surface area contributed by atoms with Gasteiger partial charge < -0.3 is 0 Å². The van der Waals surface area contributed by atoms with E-state index in [1.807, 2.05) is 60.7 Å². The second kappa shape index (κ2) is 8.11. The predicted molar refractivity (Wildman–Crippen MR) is 104 cm³/mol. The topological polar surface area (TPSA) is 89.3 Å². The minimum atomic E-state index is -3.68. The van der Waals surface area contributed by atoms with Gasteiger partial charge in [0.15, 0.2) is 0 Å². The summed E-state index contributed by atoms with van der Waals surface area (Å²) in [6.45, 7) is 0. The normalized spacial score (nSPS) is 11.4. The van der Waals surface area contributed by atoms with Crippen molar-refractivity contribution in [2.75, 3.05) is 0 Å². The highest BCUT2D eigenvalue weighted by molar-refractivity contribution is 7.88. The van der Waals surface area contributed by atoms with Crippen LogP contribution in [0, 0.1) is 10.1 Å². The summed E-state index contributed by atoms with van der Waals surface area (Å²) < 4.78 is 28.2. The van der Waals surface area contributed by atoms with Gasteiger partial charge in [0.2, 0.25) is 10.0 Å². The Morgan fingerprint density at radius 2 is 1.30 bits per heavy atom. The molecule has 1 N–H and O–H groups in total. The van der Waals surface area contributed by atoms with Crippen molar-refractivity contribution in [1.82, 2.24) is 4.72 Å². The van der Waals surface area contributed by atoms with E-state index in [-0.39, 0.29) is 11.4 Å². The summed E-state index contributed by atoms with van der Waals surface area (Å²) in [6.07, 6.45) is 0. The molecule has 0 aliphatic carbocycles. The first kappa shape index (κ1) is 18.8. The van der Waals surface area contributed by atoms with Crippen LogP contribution in [-0.2, 0) is 15.8 Å². The van der Waals surface area contributed by atoms with Gasteiger partial charge >= 0.3 is 0 Å². The van der Waals surface area contributed by atoms with Crippen molar-refractivity contribution >= 4 is 15.7 Å². The number of non-ortho nitro benzene ring substituents is 1. The Morgan fingerprint density at radius 1 is 0.815 bits per heavy atom. The van der Waals surface area contributed by atoms with Crippen LogP contribution in [0.3, 0.4) is 0 Å². The maximum atomic E-state index is 12.7. The average Bonchev–Trinajstić information content (AvgIpc) is 2.68. The lowest BCUT2D eigenvalue weighted by Gasteiger charge is -2.20. The molecule has 3 rings (SSSR count). The zero-order chi connectivity index (χ0) is 19.3. The highest BCUT2D eigenvalue weighted by atomic mass is 32.2. The first-order chi connectivity index (χ1) is 12.9. The van der Waals surface area contributed by atoms with E-state index in [0.717, 1.165) is 11.1 Å². The zero-order valence-corrected chi connectivity index (χ0v) is 15.2. The highest BCUT2D eigenvalue weighted by Gasteiger charge is 2.21. The van der Waals surface area contributed by atoms with Crippen LogP contribution in [-0.4, -0.2) is 13.3 Å². The lowest BCUT2D eigenvalue weighted by Crippen LogP contribution is -2.30. The SMILES string of the molecule is O=[N+]([O-])c1ccc(CS(=O)(=O)NC(c2ccccc2)c2ccccc2)cc1. The average molecular weight is 382 g/mol. The van der Waals surface area contributed by atoms with E-state index >= 15 is 0 Å². The van der Waals surface area contributed by atoms with E-state index in [2.05, 4.69) is 4.72 Å². The maximum absolute atomic E-state index is 12.7. The standard InChI is InChI=1S/C20H18N2O4S/c23-22(24)19-13-11-16(12-14-19)15-27(25,26)21-20(17-7-3-1-4-8-17)18-9-5-2-6-10-18/h1-14,20-21H,15H2. The Hall–Kier alpha value is -3.03. The van der Waals surface area contributed by atoms with Gasteiger partial charge in [-0.3, -0.25) is 10.1 Å². The number of sulfonamides is 1. The third kappa shape index (κ3) is 4.99. The van der Waals surface area contributed by atoms with Crippen molar-refractivity contribution in [3.05, 3.63) is 112 Å². The third-order valence-corrected chi connectivity index (χ3v) is 5.38. The van der Waals surface area contributed by atoms with Gasteiger partial charge in [0.05, 0.1) is 16.7 Å². The van der Waals surface area contributed by atoms with Crippen LogP contribution in [0.5, 0.6) is 0 Å². The van der Waals surface area contributed by atoms with Gasteiger partial charge in [-0.1, -0.05) is 72.8 Å². The number of nitrogens with one attached hydrogen (secondary N) is 1. The molecule has 3 aromatic carbocycles. The maximum Gasteiger partial charge on any atom is 0.269 e. The van der Waals surface area contributed by atoms with E-state index in [1.165, 1.54) is 24.3 Å². The first-order valence-electron chi connectivity index (χ1n) is 8.28. The van der Waals surface area contributed by atoms with Gasteiger partial charge in [0, 0.05) is 12.1 Å². The second-order valence-electron chi connectivity index (χ2n) is 6.05. The van der Waals surface area contributed by atoms with Gasteiger partial charge in [-0.15, -0.1) is 0 Å². The van der Waals surface area contributed by atoms with E-state index in [1.54, 1.807) is 0 Å². The minimum Gasteiger partial charge on any atom is -0.258 e. The molecule has 3 aromatic rings. The Kier molecular flexibility index (Phi) is 5.63. The molecule has 0 amide bonds. The molecule has 138 valence electrons. The lowest BCUT2D eigenvalue weighted by atomic mass is 10.00. The molecular formula is C20H18N2O4S. The van der Waals surface area contributed by atoms with Gasteiger partial charge in [-0.05, 0) is 16.7 Å². The van der Waals surface area contributed by atoms with E-state index in [4.69, 9.17) is 0 Å². The van der Waals surface area contributed by atoms with Crippen molar-refractivity contribution < 1.29 is 13.3 Å². The van der Waals surface area contributed by atoms with E-state index in [9.17, 15) is 18.5 Å². The second-order valence-corrected chi connectivity index (χ2v) is 7.81. The number of nitro groups is 1. The summed E-state index contributed by atoms with van der Waals surface area (Å²) in [5.74, 6) is -0.263. The number of benzene rings is 3. The lowest BCUT2D eigenvalue weighted by molar-refractivity contribution is -0.384. The number of nitrogens with zero attached hydrogens (tertiary/aromatic N) is 1. The van der Waals surface area contributed by atoms with Crippen LogP contribution in [0.25, 0.3) is 0 Å². The van der Waals surface area contributed by atoms with Crippen LogP contribution < -0.4 is 4.72 Å². The Morgan fingerprint density at radius 3 is 1.74 bits per heavy atom. The molecule has 0 aliphatic rings. The molecule has 6 nitrogen and oxygen atoms in total. The smallest absolute Gasteiger partial charge is 0.258 e.